The highest BCUT2D eigenvalue weighted by Gasteiger charge is 2.25. The van der Waals surface area contributed by atoms with E-state index in [9.17, 15) is 18.7 Å². The maximum Gasteiger partial charge on any atom is 0.280 e. The molecule has 2 N–H and O–H groups in total. The maximum atomic E-state index is 13.0. The average Bonchev–Trinajstić information content (AvgIpc) is 3.21. The molecule has 1 fully saturated rings. The van der Waals surface area contributed by atoms with E-state index in [0.29, 0.717) is 23.2 Å². The minimum absolute atomic E-state index is 0.0420. The molecular weight excluding hydrogens is 430 g/mol. The number of aromatic nitrogens is 3. The Kier molecular flexibility index (Phi) is 6.88. The first-order valence-electron chi connectivity index (χ1n) is 11.2. The molecule has 3 aromatic heterocycles. The van der Waals surface area contributed by atoms with Crippen LogP contribution in [0.3, 0.4) is 0 Å². The van der Waals surface area contributed by atoms with Crippen molar-refractivity contribution in [2.24, 2.45) is 5.92 Å². The Bertz CT molecular complexity index is 1120. The SMILES string of the molecule is CC(C)Oc1cc2nc(C3CCC(CO)CC3)cn2cc1C(=O)Nc1cccc(C(F)F)n1. The summed E-state index contributed by atoms with van der Waals surface area (Å²) in [7, 11) is 0. The predicted molar refractivity (Wildman–Crippen MR) is 120 cm³/mol. The molecule has 176 valence electrons. The van der Waals surface area contributed by atoms with Crippen molar-refractivity contribution >= 4 is 17.4 Å². The van der Waals surface area contributed by atoms with E-state index in [1.807, 2.05) is 20.0 Å². The van der Waals surface area contributed by atoms with E-state index in [-0.39, 0.29) is 24.1 Å². The van der Waals surface area contributed by atoms with Gasteiger partial charge in [-0.2, -0.15) is 0 Å². The van der Waals surface area contributed by atoms with Gasteiger partial charge < -0.3 is 19.6 Å². The molecule has 1 saturated carbocycles. The molecule has 33 heavy (non-hydrogen) atoms. The van der Waals surface area contributed by atoms with Gasteiger partial charge in [0.05, 0.1) is 17.4 Å². The van der Waals surface area contributed by atoms with Crippen molar-refractivity contribution in [2.45, 2.75) is 58.0 Å². The molecule has 0 unspecified atom stereocenters. The molecule has 1 aliphatic carbocycles. The van der Waals surface area contributed by atoms with E-state index in [1.165, 1.54) is 18.2 Å². The van der Waals surface area contributed by atoms with Gasteiger partial charge in [-0.1, -0.05) is 6.07 Å². The van der Waals surface area contributed by atoms with E-state index >= 15 is 0 Å². The normalized spacial score (nSPS) is 18.8. The van der Waals surface area contributed by atoms with Gasteiger partial charge >= 0.3 is 0 Å². The molecule has 3 aromatic rings. The van der Waals surface area contributed by atoms with E-state index in [1.54, 1.807) is 16.7 Å². The first kappa shape index (κ1) is 23.1. The number of fused-ring (bicyclic) bond motifs is 1. The minimum atomic E-state index is -2.73. The van der Waals surface area contributed by atoms with Crippen molar-refractivity contribution in [3.05, 3.63) is 53.6 Å². The second-order valence-electron chi connectivity index (χ2n) is 8.75. The maximum absolute atomic E-state index is 13.0. The standard InChI is InChI=1S/C24H28F2N4O3/c1-14(2)33-20-10-22-28-19(16-8-6-15(13-31)7-9-16)12-30(22)11-17(20)24(32)29-21-5-3-4-18(27-21)23(25)26/h3-5,10-12,14-16,23,31H,6-9,13H2,1-2H3,(H,27,29,32). The van der Waals surface area contributed by atoms with Crippen LogP contribution in [0.5, 0.6) is 5.75 Å². The van der Waals surface area contributed by atoms with Crippen LogP contribution in [-0.4, -0.2) is 38.1 Å². The third-order valence-electron chi connectivity index (χ3n) is 5.94. The number of nitrogens with one attached hydrogen (secondary N) is 1. The Morgan fingerprint density at radius 1 is 1.21 bits per heavy atom. The number of carbonyl (C=O) groups excluding carboxylic acids is 1. The number of pyridine rings is 2. The quantitative estimate of drug-likeness (QED) is 0.522. The van der Waals surface area contributed by atoms with Crippen LogP contribution in [0.1, 0.15) is 73.6 Å². The van der Waals surface area contributed by atoms with Gasteiger partial charge in [-0.3, -0.25) is 4.79 Å². The van der Waals surface area contributed by atoms with Crippen molar-refractivity contribution in [1.82, 2.24) is 14.4 Å². The van der Waals surface area contributed by atoms with E-state index in [4.69, 9.17) is 9.72 Å². The lowest BCUT2D eigenvalue weighted by atomic mass is 9.81. The summed E-state index contributed by atoms with van der Waals surface area (Å²) in [6, 6.07) is 5.82. The van der Waals surface area contributed by atoms with Gasteiger partial charge in [0.2, 0.25) is 0 Å². The van der Waals surface area contributed by atoms with Gasteiger partial charge in [0.25, 0.3) is 12.3 Å². The number of nitrogens with zero attached hydrogens (tertiary/aromatic N) is 3. The first-order chi connectivity index (χ1) is 15.8. The molecule has 4 rings (SSSR count). The third kappa shape index (κ3) is 5.30. The van der Waals surface area contributed by atoms with E-state index in [2.05, 4.69) is 10.3 Å². The van der Waals surface area contributed by atoms with Crippen LogP contribution in [0.2, 0.25) is 0 Å². The van der Waals surface area contributed by atoms with E-state index in [0.717, 1.165) is 31.4 Å². The smallest absolute Gasteiger partial charge is 0.280 e. The first-order valence-corrected chi connectivity index (χ1v) is 11.2. The lowest BCUT2D eigenvalue weighted by Crippen LogP contribution is -2.17. The van der Waals surface area contributed by atoms with Crippen LogP contribution in [0.25, 0.3) is 5.65 Å². The number of anilines is 1. The molecular formula is C24H28F2N4O3. The lowest BCUT2D eigenvalue weighted by Gasteiger charge is -2.25. The fraction of sp³-hybridized carbons (Fsp3) is 0.458. The summed E-state index contributed by atoms with van der Waals surface area (Å²) in [6.07, 6.45) is 4.52. The summed E-state index contributed by atoms with van der Waals surface area (Å²) in [4.78, 5) is 21.6. The fourth-order valence-corrected chi connectivity index (χ4v) is 4.22. The average molecular weight is 459 g/mol. The highest BCUT2D eigenvalue weighted by Crippen LogP contribution is 2.35. The summed E-state index contributed by atoms with van der Waals surface area (Å²) < 4.78 is 33.6. The zero-order valence-electron chi connectivity index (χ0n) is 18.7. The number of aliphatic hydroxyl groups excluding tert-OH is 1. The summed E-state index contributed by atoms with van der Waals surface area (Å²) in [6.45, 7) is 3.94. The van der Waals surface area contributed by atoms with Crippen molar-refractivity contribution < 1.29 is 23.4 Å². The number of imidazole rings is 1. The van der Waals surface area contributed by atoms with Crippen LogP contribution in [0.15, 0.2) is 36.7 Å². The second-order valence-corrected chi connectivity index (χ2v) is 8.75. The van der Waals surface area contributed by atoms with Crippen molar-refractivity contribution in [3.63, 3.8) is 0 Å². The van der Waals surface area contributed by atoms with Gasteiger partial charge in [-0.25, -0.2) is 18.7 Å². The Morgan fingerprint density at radius 2 is 1.97 bits per heavy atom. The number of carbonyl (C=O) groups is 1. The number of aliphatic hydroxyl groups is 1. The number of rotatable bonds is 7. The highest BCUT2D eigenvalue weighted by atomic mass is 19.3. The molecule has 0 saturated heterocycles. The summed E-state index contributed by atoms with van der Waals surface area (Å²) >= 11 is 0. The monoisotopic (exact) mass is 458 g/mol. The molecule has 7 nitrogen and oxygen atoms in total. The zero-order chi connectivity index (χ0) is 23.5. The van der Waals surface area contributed by atoms with Gasteiger partial charge in [0.15, 0.2) is 0 Å². The van der Waals surface area contributed by atoms with Gasteiger partial charge in [-0.15, -0.1) is 0 Å². The van der Waals surface area contributed by atoms with Crippen LogP contribution in [0.4, 0.5) is 14.6 Å². The van der Waals surface area contributed by atoms with Crippen molar-refractivity contribution in [1.29, 1.82) is 0 Å². The van der Waals surface area contributed by atoms with Crippen LogP contribution < -0.4 is 10.1 Å². The van der Waals surface area contributed by atoms with Crippen LogP contribution in [-0.2, 0) is 0 Å². The highest BCUT2D eigenvalue weighted by molar-refractivity contribution is 6.05. The number of halogens is 2. The molecule has 0 spiro atoms. The topological polar surface area (TPSA) is 88.8 Å². The van der Waals surface area contributed by atoms with Crippen LogP contribution in [0, 0.1) is 5.92 Å². The van der Waals surface area contributed by atoms with Gasteiger partial charge in [0, 0.05) is 31.0 Å². The van der Waals surface area contributed by atoms with Gasteiger partial charge in [0.1, 0.15) is 22.9 Å². The molecule has 9 heteroatoms. The summed E-state index contributed by atoms with van der Waals surface area (Å²) in [5.74, 6) is 0.559. The Labute approximate surface area is 190 Å². The summed E-state index contributed by atoms with van der Waals surface area (Å²) in [5.41, 5.74) is 1.47. The summed E-state index contributed by atoms with van der Waals surface area (Å²) in [5, 5.41) is 12.0. The molecule has 0 bridgehead atoms. The number of hydrogen-bond donors (Lipinski definition) is 2. The largest absolute Gasteiger partial charge is 0.490 e. The predicted octanol–water partition coefficient (Wildman–Crippen LogP) is 4.97. The second kappa shape index (κ2) is 9.82. The number of alkyl halides is 2. The zero-order valence-corrected chi connectivity index (χ0v) is 18.7. The number of hydrogen-bond acceptors (Lipinski definition) is 5. The van der Waals surface area contributed by atoms with Crippen LogP contribution >= 0.6 is 0 Å². The molecule has 3 heterocycles. The molecule has 0 aliphatic heterocycles. The van der Waals surface area contributed by atoms with Crippen molar-refractivity contribution in [2.75, 3.05) is 11.9 Å². The van der Waals surface area contributed by atoms with Gasteiger partial charge in [-0.05, 0) is 57.6 Å². The fourth-order valence-electron chi connectivity index (χ4n) is 4.22. The Hall–Kier alpha value is -3.07. The van der Waals surface area contributed by atoms with E-state index < -0.39 is 18.0 Å². The Morgan fingerprint density at radius 3 is 2.64 bits per heavy atom. The molecule has 1 aliphatic rings. The minimum Gasteiger partial charge on any atom is -0.490 e. The number of ether oxygens (including phenoxy) is 1. The number of amides is 1. The molecule has 0 atom stereocenters. The molecule has 0 aromatic carbocycles. The molecule has 1 amide bonds. The third-order valence-corrected chi connectivity index (χ3v) is 5.94. The van der Waals surface area contributed by atoms with Crippen molar-refractivity contribution in [3.8, 4) is 5.75 Å². The lowest BCUT2D eigenvalue weighted by molar-refractivity contribution is 0.101. The Balaban J connectivity index is 1.63. The molecule has 0 radical (unpaired) electrons.